The Labute approximate surface area is 55.6 Å². The Bertz CT molecular complexity index is 102. The zero-order chi connectivity index (χ0) is 6.32. The molecule has 2 bridgehead atoms. The smallest absolute Gasteiger partial charge is 0.142 e. The first kappa shape index (κ1) is 5.69. The van der Waals surface area contributed by atoms with Crippen molar-refractivity contribution < 1.29 is 4.65 Å². The maximum Gasteiger partial charge on any atom is 0.142 e. The Kier molecular flexibility index (Phi) is 1.08. The van der Waals surface area contributed by atoms with Crippen molar-refractivity contribution in [3.63, 3.8) is 0 Å². The SMILES string of the molecule is [O-][N+]12[CH]CC(CC1)CC2. The third kappa shape index (κ3) is 0.864. The molecular formula is C7H12NO. The van der Waals surface area contributed by atoms with Gasteiger partial charge in [-0.2, -0.15) is 0 Å². The monoisotopic (exact) mass is 126 g/mol. The lowest BCUT2D eigenvalue weighted by atomic mass is 9.88. The molecule has 0 N–H and O–H groups in total. The number of fused-ring (bicyclic) bond motifs is 3. The van der Waals surface area contributed by atoms with Gasteiger partial charge in [-0.1, -0.05) is 0 Å². The van der Waals surface area contributed by atoms with Gasteiger partial charge in [0.1, 0.15) is 6.54 Å². The molecule has 3 fully saturated rings. The number of rotatable bonds is 0. The molecule has 0 atom stereocenters. The minimum Gasteiger partial charge on any atom is -0.632 e. The second-order valence-corrected chi connectivity index (χ2v) is 3.26. The molecule has 3 aliphatic rings. The van der Waals surface area contributed by atoms with Crippen LogP contribution in [0.5, 0.6) is 0 Å². The Morgan fingerprint density at radius 1 is 1.33 bits per heavy atom. The van der Waals surface area contributed by atoms with Crippen LogP contribution in [0.3, 0.4) is 0 Å². The number of hydroxylamine groups is 3. The van der Waals surface area contributed by atoms with Crippen molar-refractivity contribution in [1.29, 1.82) is 0 Å². The van der Waals surface area contributed by atoms with Crippen molar-refractivity contribution in [2.24, 2.45) is 5.92 Å². The number of hydrogen-bond donors (Lipinski definition) is 0. The van der Waals surface area contributed by atoms with Gasteiger partial charge in [0, 0.05) is 19.3 Å². The van der Waals surface area contributed by atoms with Gasteiger partial charge in [-0.3, -0.25) is 0 Å². The van der Waals surface area contributed by atoms with E-state index in [0.717, 1.165) is 25.4 Å². The highest BCUT2D eigenvalue weighted by Gasteiger charge is 2.33. The van der Waals surface area contributed by atoms with E-state index in [-0.39, 0.29) is 4.65 Å². The van der Waals surface area contributed by atoms with E-state index < -0.39 is 0 Å². The summed E-state index contributed by atoms with van der Waals surface area (Å²) >= 11 is 0. The third-order valence-corrected chi connectivity index (χ3v) is 2.60. The van der Waals surface area contributed by atoms with Gasteiger partial charge in [0.2, 0.25) is 0 Å². The zero-order valence-corrected chi connectivity index (χ0v) is 5.55. The molecule has 3 heterocycles. The van der Waals surface area contributed by atoms with Crippen LogP contribution in [0.4, 0.5) is 0 Å². The van der Waals surface area contributed by atoms with E-state index in [1.54, 1.807) is 0 Å². The molecule has 0 saturated carbocycles. The van der Waals surface area contributed by atoms with Crippen LogP contribution in [-0.4, -0.2) is 17.7 Å². The first-order valence-electron chi connectivity index (χ1n) is 3.71. The molecular weight excluding hydrogens is 114 g/mol. The van der Waals surface area contributed by atoms with Crippen LogP contribution in [0.1, 0.15) is 19.3 Å². The van der Waals surface area contributed by atoms with E-state index in [2.05, 4.69) is 0 Å². The molecule has 3 rings (SSSR count). The molecule has 0 aromatic heterocycles. The van der Waals surface area contributed by atoms with Gasteiger partial charge in [0.15, 0.2) is 0 Å². The molecule has 0 aliphatic carbocycles. The molecule has 2 nitrogen and oxygen atoms in total. The molecule has 1 radical (unpaired) electrons. The quantitative estimate of drug-likeness (QED) is 0.354. The van der Waals surface area contributed by atoms with Gasteiger partial charge in [-0.05, 0) is 5.92 Å². The second-order valence-electron chi connectivity index (χ2n) is 3.26. The average molecular weight is 126 g/mol. The molecule has 3 saturated heterocycles. The van der Waals surface area contributed by atoms with Crippen LogP contribution in [-0.2, 0) is 0 Å². The lowest BCUT2D eigenvalue weighted by Gasteiger charge is -2.51. The second kappa shape index (κ2) is 1.70. The minimum absolute atomic E-state index is 0.0104. The van der Waals surface area contributed by atoms with Crippen LogP contribution in [0, 0.1) is 17.7 Å². The maximum atomic E-state index is 11.4. The average Bonchev–Trinajstić information content (AvgIpc) is 1.90. The maximum absolute atomic E-state index is 11.4. The van der Waals surface area contributed by atoms with E-state index in [4.69, 9.17) is 0 Å². The molecule has 51 valence electrons. The summed E-state index contributed by atoms with van der Waals surface area (Å²) in [6, 6.07) is 0. The number of piperidine rings is 3. The number of quaternary nitrogens is 1. The molecule has 3 aliphatic heterocycles. The Morgan fingerprint density at radius 2 is 2.00 bits per heavy atom. The molecule has 9 heavy (non-hydrogen) atoms. The lowest BCUT2D eigenvalue weighted by Crippen LogP contribution is -2.50. The van der Waals surface area contributed by atoms with Crippen LogP contribution in [0.2, 0.25) is 0 Å². The van der Waals surface area contributed by atoms with Crippen LogP contribution in [0.25, 0.3) is 0 Å². The normalized spacial score (nSPS) is 49.7. The summed E-state index contributed by atoms with van der Waals surface area (Å²) in [6.45, 7) is 3.65. The highest BCUT2D eigenvalue weighted by atomic mass is 16.5. The lowest BCUT2D eigenvalue weighted by molar-refractivity contribution is -0.867. The summed E-state index contributed by atoms with van der Waals surface area (Å²) in [5.74, 6) is 0.860. The highest BCUT2D eigenvalue weighted by Crippen LogP contribution is 2.34. The van der Waals surface area contributed by atoms with Gasteiger partial charge in [-0.15, -0.1) is 0 Å². The molecule has 2 heteroatoms. The van der Waals surface area contributed by atoms with Crippen molar-refractivity contribution >= 4 is 0 Å². The van der Waals surface area contributed by atoms with E-state index in [9.17, 15) is 5.21 Å². The minimum atomic E-state index is 0.0104. The van der Waals surface area contributed by atoms with Crippen molar-refractivity contribution in [3.8, 4) is 0 Å². The Hall–Kier alpha value is -0.0800. The van der Waals surface area contributed by atoms with E-state index in [1.165, 1.54) is 12.8 Å². The number of hydrogen-bond acceptors (Lipinski definition) is 1. The third-order valence-electron chi connectivity index (χ3n) is 2.60. The van der Waals surface area contributed by atoms with E-state index >= 15 is 0 Å². The van der Waals surface area contributed by atoms with Crippen molar-refractivity contribution in [1.82, 2.24) is 0 Å². The largest absolute Gasteiger partial charge is 0.632 e. The highest BCUT2D eigenvalue weighted by molar-refractivity contribution is 4.77. The van der Waals surface area contributed by atoms with E-state index in [0.29, 0.717) is 0 Å². The topological polar surface area (TPSA) is 23.1 Å². The predicted octanol–water partition coefficient (Wildman–Crippen LogP) is 1.28. The summed E-state index contributed by atoms with van der Waals surface area (Å²) in [5.41, 5.74) is 0. The van der Waals surface area contributed by atoms with Gasteiger partial charge < -0.3 is 9.85 Å². The van der Waals surface area contributed by atoms with Crippen molar-refractivity contribution in [3.05, 3.63) is 11.8 Å². The van der Waals surface area contributed by atoms with Gasteiger partial charge in [0.25, 0.3) is 0 Å². The fourth-order valence-corrected chi connectivity index (χ4v) is 1.82. The van der Waals surface area contributed by atoms with Gasteiger partial charge >= 0.3 is 0 Å². The summed E-state index contributed by atoms with van der Waals surface area (Å²) in [7, 11) is 0. The van der Waals surface area contributed by atoms with Crippen LogP contribution < -0.4 is 0 Å². The predicted molar refractivity (Wildman–Crippen MR) is 35.0 cm³/mol. The molecule has 0 aromatic carbocycles. The molecule has 0 aromatic rings. The summed E-state index contributed by atoms with van der Waals surface area (Å²) in [4.78, 5) is 0. The summed E-state index contributed by atoms with van der Waals surface area (Å²) in [6.07, 6.45) is 3.41. The van der Waals surface area contributed by atoms with Crippen molar-refractivity contribution in [2.45, 2.75) is 19.3 Å². The van der Waals surface area contributed by atoms with Crippen LogP contribution >= 0.6 is 0 Å². The Balaban J connectivity index is 2.11. The van der Waals surface area contributed by atoms with E-state index in [1.807, 2.05) is 6.54 Å². The Morgan fingerprint density at radius 3 is 2.22 bits per heavy atom. The fraction of sp³-hybridized carbons (Fsp3) is 0.857. The van der Waals surface area contributed by atoms with Crippen molar-refractivity contribution in [2.75, 3.05) is 13.1 Å². The number of nitrogens with zero attached hydrogens (tertiary/aromatic N) is 1. The fourth-order valence-electron chi connectivity index (χ4n) is 1.82. The molecule has 0 unspecified atom stereocenters. The molecule has 0 spiro atoms. The molecule has 0 amide bonds. The van der Waals surface area contributed by atoms with Gasteiger partial charge in [-0.25, -0.2) is 0 Å². The zero-order valence-electron chi connectivity index (χ0n) is 5.55. The van der Waals surface area contributed by atoms with Crippen LogP contribution in [0.15, 0.2) is 0 Å². The summed E-state index contributed by atoms with van der Waals surface area (Å²) in [5, 5.41) is 11.4. The first-order valence-corrected chi connectivity index (χ1v) is 3.71. The summed E-state index contributed by atoms with van der Waals surface area (Å²) < 4.78 is 0.0104. The first-order chi connectivity index (χ1) is 4.29. The standard InChI is InChI=1S/C7H12NO/c9-8-4-1-7(2-5-8)3-6-8/h4,7H,1-3,5-6H2. The van der Waals surface area contributed by atoms with Gasteiger partial charge in [0.05, 0.1) is 13.1 Å².